The fourth-order valence-electron chi connectivity index (χ4n) is 1.94. The number of rotatable bonds is 3. The number of hydrogen-bond acceptors (Lipinski definition) is 4. The molecule has 0 aromatic carbocycles. The maximum absolute atomic E-state index is 12.0. The summed E-state index contributed by atoms with van der Waals surface area (Å²) in [4.78, 5) is 27.5. The second-order valence-corrected chi connectivity index (χ2v) is 4.07. The van der Waals surface area contributed by atoms with Crippen LogP contribution in [0, 0.1) is 0 Å². The summed E-state index contributed by atoms with van der Waals surface area (Å²) in [5.41, 5.74) is 1.60. The average Bonchev–Trinajstić information content (AvgIpc) is 2.39. The molecule has 1 aromatic heterocycles. The first-order valence-corrected chi connectivity index (χ1v) is 6.02. The van der Waals surface area contributed by atoms with Gasteiger partial charge in [0.1, 0.15) is 0 Å². The zero-order valence-corrected chi connectivity index (χ0v) is 10.8. The Kier molecular flexibility index (Phi) is 3.79. The van der Waals surface area contributed by atoms with E-state index in [9.17, 15) is 9.59 Å². The zero-order valence-electron chi connectivity index (χ0n) is 10.8. The molecule has 1 unspecified atom stereocenters. The minimum atomic E-state index is -0.436. The molecule has 1 aromatic rings. The SMILES string of the molecule is CCOC(=O)C1=C(c2ccncc2)NC(=O)NC1C. The highest BCUT2D eigenvalue weighted by Gasteiger charge is 2.30. The lowest BCUT2D eigenvalue weighted by Gasteiger charge is -2.26. The van der Waals surface area contributed by atoms with Crippen LogP contribution in [0.25, 0.3) is 5.70 Å². The van der Waals surface area contributed by atoms with Crippen LogP contribution in [0.4, 0.5) is 4.79 Å². The highest BCUT2D eigenvalue weighted by molar-refractivity contribution is 6.04. The van der Waals surface area contributed by atoms with Crippen LogP contribution in [-0.4, -0.2) is 29.6 Å². The van der Waals surface area contributed by atoms with Gasteiger partial charge in [0.2, 0.25) is 0 Å². The summed E-state index contributed by atoms with van der Waals surface area (Å²) in [6.45, 7) is 3.77. The molecule has 2 heterocycles. The topological polar surface area (TPSA) is 80.3 Å². The van der Waals surface area contributed by atoms with Crippen molar-refractivity contribution in [1.82, 2.24) is 15.6 Å². The fraction of sp³-hybridized carbons (Fsp3) is 0.308. The van der Waals surface area contributed by atoms with Crippen LogP contribution in [0.15, 0.2) is 30.1 Å². The monoisotopic (exact) mass is 261 g/mol. The Balaban J connectivity index is 2.49. The van der Waals surface area contributed by atoms with Crippen molar-refractivity contribution in [3.63, 3.8) is 0 Å². The van der Waals surface area contributed by atoms with Crippen LogP contribution in [0.3, 0.4) is 0 Å². The third kappa shape index (κ3) is 2.73. The summed E-state index contributed by atoms with van der Waals surface area (Å²) in [5, 5.41) is 5.30. The quantitative estimate of drug-likeness (QED) is 0.797. The van der Waals surface area contributed by atoms with Gasteiger partial charge in [0.15, 0.2) is 0 Å². The van der Waals surface area contributed by atoms with Crippen molar-refractivity contribution >= 4 is 17.7 Å². The zero-order chi connectivity index (χ0) is 13.8. The number of hydrogen-bond donors (Lipinski definition) is 2. The van der Waals surface area contributed by atoms with Crippen LogP contribution in [0.1, 0.15) is 19.4 Å². The number of carbonyl (C=O) groups is 2. The van der Waals surface area contributed by atoms with Gasteiger partial charge in [0.25, 0.3) is 0 Å². The van der Waals surface area contributed by atoms with Gasteiger partial charge in [-0.2, -0.15) is 0 Å². The summed E-state index contributed by atoms with van der Waals surface area (Å²) < 4.78 is 5.04. The van der Waals surface area contributed by atoms with E-state index < -0.39 is 12.0 Å². The molecule has 0 aliphatic carbocycles. The third-order valence-corrected chi connectivity index (χ3v) is 2.75. The summed E-state index contributed by atoms with van der Waals surface area (Å²) >= 11 is 0. The summed E-state index contributed by atoms with van der Waals surface area (Å²) in [5.74, 6) is -0.436. The first-order valence-electron chi connectivity index (χ1n) is 6.02. The summed E-state index contributed by atoms with van der Waals surface area (Å²) in [6, 6.07) is 2.71. The molecule has 2 amide bonds. The number of amides is 2. The Morgan fingerprint density at radius 3 is 2.74 bits per heavy atom. The average molecular weight is 261 g/mol. The highest BCUT2D eigenvalue weighted by Crippen LogP contribution is 2.22. The first kappa shape index (κ1) is 13.1. The molecule has 6 nitrogen and oxygen atoms in total. The predicted molar refractivity (Wildman–Crippen MR) is 68.9 cm³/mol. The van der Waals surface area contributed by atoms with Crippen LogP contribution in [0.2, 0.25) is 0 Å². The highest BCUT2D eigenvalue weighted by atomic mass is 16.5. The molecule has 2 N–H and O–H groups in total. The molecular weight excluding hydrogens is 246 g/mol. The minimum Gasteiger partial charge on any atom is -0.463 e. The van der Waals surface area contributed by atoms with Gasteiger partial charge in [0.05, 0.1) is 23.9 Å². The van der Waals surface area contributed by atoms with E-state index in [1.807, 2.05) is 0 Å². The van der Waals surface area contributed by atoms with E-state index in [0.717, 1.165) is 5.56 Å². The maximum atomic E-state index is 12.0. The van der Waals surface area contributed by atoms with Crippen LogP contribution >= 0.6 is 0 Å². The van der Waals surface area contributed by atoms with E-state index in [1.54, 1.807) is 38.4 Å². The molecule has 2 rings (SSSR count). The summed E-state index contributed by atoms with van der Waals surface area (Å²) in [6.07, 6.45) is 3.20. The largest absolute Gasteiger partial charge is 0.463 e. The molecule has 1 aliphatic heterocycles. The predicted octanol–water partition coefficient (Wildman–Crippen LogP) is 1.06. The second kappa shape index (κ2) is 5.51. The van der Waals surface area contributed by atoms with Crippen LogP contribution in [0.5, 0.6) is 0 Å². The van der Waals surface area contributed by atoms with Crippen molar-refractivity contribution in [2.45, 2.75) is 19.9 Å². The normalized spacial score (nSPS) is 18.6. The summed E-state index contributed by atoms with van der Waals surface area (Å²) in [7, 11) is 0. The van der Waals surface area contributed by atoms with Crippen molar-refractivity contribution in [3.05, 3.63) is 35.7 Å². The lowest BCUT2D eigenvalue weighted by atomic mass is 10.00. The van der Waals surface area contributed by atoms with Gasteiger partial charge in [-0.15, -0.1) is 0 Å². The van der Waals surface area contributed by atoms with Crippen molar-refractivity contribution in [2.24, 2.45) is 0 Å². The Morgan fingerprint density at radius 1 is 1.42 bits per heavy atom. The number of aromatic nitrogens is 1. The Morgan fingerprint density at radius 2 is 2.11 bits per heavy atom. The molecular formula is C13H15N3O3. The van der Waals surface area contributed by atoms with Crippen molar-refractivity contribution < 1.29 is 14.3 Å². The minimum absolute atomic E-state index is 0.284. The number of ether oxygens (including phenoxy) is 1. The van der Waals surface area contributed by atoms with E-state index in [4.69, 9.17) is 4.74 Å². The van der Waals surface area contributed by atoms with Crippen molar-refractivity contribution in [1.29, 1.82) is 0 Å². The van der Waals surface area contributed by atoms with Crippen molar-refractivity contribution in [3.8, 4) is 0 Å². The maximum Gasteiger partial charge on any atom is 0.338 e. The molecule has 1 atom stereocenters. The lowest BCUT2D eigenvalue weighted by molar-refractivity contribution is -0.138. The molecule has 0 fully saturated rings. The van der Waals surface area contributed by atoms with Gasteiger partial charge in [-0.25, -0.2) is 9.59 Å². The lowest BCUT2D eigenvalue weighted by Crippen LogP contribution is -2.48. The standard InChI is InChI=1S/C13H15N3O3/c1-3-19-12(17)10-8(2)15-13(18)16-11(10)9-4-6-14-7-5-9/h4-8H,3H2,1-2H3,(H2,15,16,18). The molecule has 100 valence electrons. The van der Waals surface area contributed by atoms with Gasteiger partial charge in [-0.3, -0.25) is 4.98 Å². The smallest absolute Gasteiger partial charge is 0.338 e. The van der Waals surface area contributed by atoms with Gasteiger partial charge in [-0.1, -0.05) is 0 Å². The van der Waals surface area contributed by atoms with E-state index in [2.05, 4.69) is 15.6 Å². The molecule has 1 aliphatic rings. The van der Waals surface area contributed by atoms with Gasteiger partial charge < -0.3 is 15.4 Å². The number of nitrogens with one attached hydrogen (secondary N) is 2. The van der Waals surface area contributed by atoms with Crippen molar-refractivity contribution in [2.75, 3.05) is 6.61 Å². The number of pyridine rings is 1. The van der Waals surface area contributed by atoms with E-state index in [1.165, 1.54) is 0 Å². The Bertz CT molecular complexity index is 525. The van der Waals surface area contributed by atoms with Gasteiger partial charge >= 0.3 is 12.0 Å². The fourth-order valence-corrected chi connectivity index (χ4v) is 1.94. The number of esters is 1. The van der Waals surface area contributed by atoms with Crippen LogP contribution in [-0.2, 0) is 9.53 Å². The first-order chi connectivity index (χ1) is 9.13. The molecule has 6 heteroatoms. The number of nitrogens with zero attached hydrogens (tertiary/aromatic N) is 1. The van der Waals surface area contributed by atoms with E-state index >= 15 is 0 Å². The molecule has 0 bridgehead atoms. The molecule has 0 radical (unpaired) electrons. The number of carbonyl (C=O) groups excluding carboxylic acids is 2. The second-order valence-electron chi connectivity index (χ2n) is 4.07. The van der Waals surface area contributed by atoms with Gasteiger partial charge in [-0.05, 0) is 26.0 Å². The van der Waals surface area contributed by atoms with E-state index in [-0.39, 0.29) is 12.6 Å². The molecule has 0 saturated carbocycles. The molecule has 0 saturated heterocycles. The number of urea groups is 1. The Labute approximate surface area is 110 Å². The van der Waals surface area contributed by atoms with Gasteiger partial charge in [0, 0.05) is 18.0 Å². The molecule has 19 heavy (non-hydrogen) atoms. The molecule has 0 spiro atoms. The Hall–Kier alpha value is -2.37. The van der Waals surface area contributed by atoms with Crippen LogP contribution < -0.4 is 10.6 Å². The third-order valence-electron chi connectivity index (χ3n) is 2.75. The van der Waals surface area contributed by atoms with E-state index in [0.29, 0.717) is 11.3 Å².